The van der Waals surface area contributed by atoms with Crippen molar-refractivity contribution in [2.45, 2.75) is 32.6 Å². The molecule has 0 saturated carbocycles. The molecule has 3 rings (SSSR count). The maximum absolute atomic E-state index is 12.8. The maximum Gasteiger partial charge on any atom is 0.259 e. The van der Waals surface area contributed by atoms with E-state index in [2.05, 4.69) is 36.2 Å². The molecule has 1 amide bonds. The number of hydrogen-bond donors (Lipinski definition) is 0. The summed E-state index contributed by atoms with van der Waals surface area (Å²) in [4.78, 5) is 19.1. The minimum atomic E-state index is -0.00547. The molecule has 2 aromatic rings. The Hall–Kier alpha value is -2.27. The molecule has 0 bridgehead atoms. The van der Waals surface area contributed by atoms with Gasteiger partial charge in [0, 0.05) is 17.9 Å². The Balaban J connectivity index is 1.64. The van der Waals surface area contributed by atoms with Crippen LogP contribution >= 0.6 is 11.8 Å². The van der Waals surface area contributed by atoms with Crippen LogP contribution in [0, 0.1) is 6.92 Å². The second-order valence-corrected chi connectivity index (χ2v) is 7.53. The fourth-order valence-electron chi connectivity index (χ4n) is 2.79. The fraction of sp³-hybridized carbons (Fsp3) is 0.333. The largest absolute Gasteiger partial charge is 0.491 e. The zero-order valence-corrected chi connectivity index (χ0v) is 16.3. The van der Waals surface area contributed by atoms with E-state index < -0.39 is 0 Å². The van der Waals surface area contributed by atoms with E-state index in [9.17, 15) is 4.79 Å². The van der Waals surface area contributed by atoms with Crippen molar-refractivity contribution in [1.29, 1.82) is 0 Å². The summed E-state index contributed by atoms with van der Waals surface area (Å²) in [6.45, 7) is 7.36. The van der Waals surface area contributed by atoms with Crippen LogP contribution in [0.4, 0.5) is 0 Å². The lowest BCUT2D eigenvalue weighted by Crippen LogP contribution is -2.32. The van der Waals surface area contributed by atoms with Crippen molar-refractivity contribution >= 4 is 22.8 Å². The topological polar surface area (TPSA) is 41.9 Å². The Morgan fingerprint density at radius 2 is 2.00 bits per heavy atom. The monoisotopic (exact) mass is 368 g/mol. The molecular formula is C21H24N2O2S. The molecule has 0 N–H and O–H groups in total. The number of nitrogens with zero attached hydrogens (tertiary/aromatic N) is 2. The van der Waals surface area contributed by atoms with Gasteiger partial charge in [0.2, 0.25) is 0 Å². The van der Waals surface area contributed by atoms with Crippen molar-refractivity contribution in [3.05, 3.63) is 65.2 Å². The molecule has 0 radical (unpaired) electrons. The molecule has 0 atom stereocenters. The van der Waals surface area contributed by atoms with Gasteiger partial charge in [-0.15, -0.1) is 0 Å². The number of amidine groups is 1. The predicted octanol–water partition coefficient (Wildman–Crippen LogP) is 4.53. The van der Waals surface area contributed by atoms with Gasteiger partial charge < -0.3 is 4.74 Å². The Bertz CT molecular complexity index is 800. The Morgan fingerprint density at radius 1 is 1.23 bits per heavy atom. The number of aliphatic imine (C=N–C) groups is 1. The molecule has 1 heterocycles. The number of hydrogen-bond acceptors (Lipinski definition) is 4. The summed E-state index contributed by atoms with van der Waals surface area (Å²) in [6, 6.07) is 15.8. The van der Waals surface area contributed by atoms with Crippen LogP contribution in [0.3, 0.4) is 0 Å². The fourth-order valence-corrected chi connectivity index (χ4v) is 3.78. The molecule has 0 saturated heterocycles. The van der Waals surface area contributed by atoms with E-state index in [-0.39, 0.29) is 12.0 Å². The van der Waals surface area contributed by atoms with Gasteiger partial charge in [-0.3, -0.25) is 14.7 Å². The SMILES string of the molecule is Cc1cccc(CSC2=NCCN2C(=O)c2ccc(OC(C)C)cc2)c1. The number of aryl methyl sites for hydroxylation is 1. The van der Waals surface area contributed by atoms with Crippen LogP contribution in [-0.4, -0.2) is 35.2 Å². The van der Waals surface area contributed by atoms with Crippen molar-refractivity contribution < 1.29 is 9.53 Å². The molecule has 4 nitrogen and oxygen atoms in total. The molecule has 1 aliphatic heterocycles. The summed E-state index contributed by atoms with van der Waals surface area (Å²) in [5, 5.41) is 0.805. The zero-order chi connectivity index (χ0) is 18.5. The van der Waals surface area contributed by atoms with E-state index in [1.54, 1.807) is 16.7 Å². The minimum absolute atomic E-state index is 0.00547. The molecule has 2 aromatic carbocycles. The number of amides is 1. The summed E-state index contributed by atoms with van der Waals surface area (Å²) in [6.07, 6.45) is 0.117. The Labute approximate surface area is 159 Å². The quantitative estimate of drug-likeness (QED) is 0.779. The second kappa shape index (κ2) is 8.41. The number of benzene rings is 2. The van der Waals surface area contributed by atoms with E-state index in [1.165, 1.54) is 11.1 Å². The number of ether oxygens (including phenoxy) is 1. The predicted molar refractivity (Wildman–Crippen MR) is 108 cm³/mol. The smallest absolute Gasteiger partial charge is 0.259 e. The standard InChI is InChI=1S/C21H24N2O2S/c1-15(2)25-19-9-7-18(8-10-19)20(24)23-12-11-22-21(23)26-14-17-6-4-5-16(3)13-17/h4-10,13,15H,11-12,14H2,1-3H3. The second-order valence-electron chi connectivity index (χ2n) is 6.59. The lowest BCUT2D eigenvalue weighted by Gasteiger charge is -2.18. The molecule has 1 aliphatic rings. The van der Waals surface area contributed by atoms with Crippen LogP contribution in [0.2, 0.25) is 0 Å². The van der Waals surface area contributed by atoms with E-state index >= 15 is 0 Å². The van der Waals surface area contributed by atoms with Crippen LogP contribution in [0.1, 0.15) is 35.3 Å². The molecule has 5 heteroatoms. The highest BCUT2D eigenvalue weighted by Crippen LogP contribution is 2.23. The lowest BCUT2D eigenvalue weighted by atomic mass is 10.2. The first-order valence-electron chi connectivity index (χ1n) is 8.84. The van der Waals surface area contributed by atoms with Gasteiger partial charge in [-0.05, 0) is 50.6 Å². The molecule has 0 aliphatic carbocycles. The first-order valence-corrected chi connectivity index (χ1v) is 9.83. The van der Waals surface area contributed by atoms with Gasteiger partial charge in [-0.1, -0.05) is 41.6 Å². The molecule has 26 heavy (non-hydrogen) atoms. The van der Waals surface area contributed by atoms with E-state index in [0.717, 1.165) is 16.7 Å². The first kappa shape index (κ1) is 18.5. The van der Waals surface area contributed by atoms with Crippen molar-refractivity contribution in [2.75, 3.05) is 13.1 Å². The third-order valence-electron chi connectivity index (χ3n) is 3.97. The maximum atomic E-state index is 12.8. The van der Waals surface area contributed by atoms with Crippen molar-refractivity contribution in [2.24, 2.45) is 4.99 Å². The highest BCUT2D eigenvalue weighted by atomic mass is 32.2. The average Bonchev–Trinajstić information content (AvgIpc) is 3.08. The van der Waals surface area contributed by atoms with E-state index in [1.807, 2.05) is 38.1 Å². The molecule has 136 valence electrons. The minimum Gasteiger partial charge on any atom is -0.491 e. The van der Waals surface area contributed by atoms with Gasteiger partial charge in [0.05, 0.1) is 12.6 Å². The lowest BCUT2D eigenvalue weighted by molar-refractivity contribution is 0.0860. The van der Waals surface area contributed by atoms with Crippen molar-refractivity contribution in [3.8, 4) is 5.75 Å². The van der Waals surface area contributed by atoms with Gasteiger partial charge in [-0.2, -0.15) is 0 Å². The van der Waals surface area contributed by atoms with Crippen molar-refractivity contribution in [3.63, 3.8) is 0 Å². The van der Waals surface area contributed by atoms with E-state index in [0.29, 0.717) is 18.7 Å². The van der Waals surface area contributed by atoms with Crippen LogP contribution in [-0.2, 0) is 5.75 Å². The molecular weight excluding hydrogens is 344 g/mol. The highest BCUT2D eigenvalue weighted by Gasteiger charge is 2.25. The third kappa shape index (κ3) is 4.67. The Morgan fingerprint density at radius 3 is 2.69 bits per heavy atom. The number of carbonyl (C=O) groups is 1. The molecule has 0 spiro atoms. The van der Waals surface area contributed by atoms with Crippen molar-refractivity contribution in [1.82, 2.24) is 4.90 Å². The molecule has 0 aromatic heterocycles. The highest BCUT2D eigenvalue weighted by molar-refractivity contribution is 8.13. The third-order valence-corrected chi connectivity index (χ3v) is 5.06. The van der Waals surface area contributed by atoms with Gasteiger partial charge in [0.25, 0.3) is 5.91 Å². The number of rotatable bonds is 5. The molecule has 0 fully saturated rings. The average molecular weight is 369 g/mol. The summed E-state index contributed by atoms with van der Waals surface area (Å²) < 4.78 is 5.64. The first-order chi connectivity index (χ1) is 12.5. The van der Waals surface area contributed by atoms with E-state index in [4.69, 9.17) is 4.74 Å². The van der Waals surface area contributed by atoms with Gasteiger partial charge in [0.15, 0.2) is 5.17 Å². The molecule has 0 unspecified atom stereocenters. The zero-order valence-electron chi connectivity index (χ0n) is 15.4. The summed E-state index contributed by atoms with van der Waals surface area (Å²) in [7, 11) is 0. The van der Waals surface area contributed by atoms with Gasteiger partial charge >= 0.3 is 0 Å². The van der Waals surface area contributed by atoms with Crippen LogP contribution in [0.5, 0.6) is 5.75 Å². The summed E-state index contributed by atoms with van der Waals surface area (Å²) in [5.74, 6) is 1.58. The summed E-state index contributed by atoms with van der Waals surface area (Å²) >= 11 is 1.62. The Kier molecular flexibility index (Phi) is 5.99. The summed E-state index contributed by atoms with van der Waals surface area (Å²) in [5.41, 5.74) is 3.15. The van der Waals surface area contributed by atoms with Crippen LogP contribution in [0.25, 0.3) is 0 Å². The van der Waals surface area contributed by atoms with Gasteiger partial charge in [-0.25, -0.2) is 0 Å². The van der Waals surface area contributed by atoms with Crippen LogP contribution in [0.15, 0.2) is 53.5 Å². The van der Waals surface area contributed by atoms with Crippen LogP contribution < -0.4 is 4.74 Å². The number of thioether (sulfide) groups is 1. The number of carbonyl (C=O) groups excluding carboxylic acids is 1. The van der Waals surface area contributed by atoms with Gasteiger partial charge in [0.1, 0.15) is 5.75 Å². The normalized spacial score (nSPS) is 13.8.